The van der Waals surface area contributed by atoms with Crippen molar-refractivity contribution in [2.24, 2.45) is 5.41 Å². The molecule has 0 bridgehead atoms. The number of morpholine rings is 1. The molecule has 2 amide bonds. The van der Waals surface area contributed by atoms with Crippen LogP contribution < -0.4 is 5.32 Å². The van der Waals surface area contributed by atoms with E-state index in [1.54, 1.807) is 24.3 Å². The van der Waals surface area contributed by atoms with Crippen LogP contribution in [0.3, 0.4) is 0 Å². The summed E-state index contributed by atoms with van der Waals surface area (Å²) in [6, 6.07) is 7.10. The molecule has 0 aromatic heterocycles. The summed E-state index contributed by atoms with van der Waals surface area (Å²) in [7, 11) is 0. The van der Waals surface area contributed by atoms with Crippen LogP contribution in [0.5, 0.6) is 0 Å². The topological polar surface area (TPSA) is 58.6 Å². The lowest BCUT2D eigenvalue weighted by Crippen LogP contribution is -2.48. The highest BCUT2D eigenvalue weighted by atomic mass is 16.5. The van der Waals surface area contributed by atoms with E-state index in [1.807, 2.05) is 39.5 Å². The molecule has 2 atom stereocenters. The van der Waals surface area contributed by atoms with E-state index in [2.05, 4.69) is 5.32 Å². The molecule has 5 nitrogen and oxygen atoms in total. The van der Waals surface area contributed by atoms with Crippen molar-refractivity contribution in [3.8, 4) is 0 Å². The molecule has 1 aromatic carbocycles. The van der Waals surface area contributed by atoms with Crippen LogP contribution in [0.15, 0.2) is 24.3 Å². The SMILES string of the molecule is C[C@@H]1CN(C(=O)c2cccc(NC(=O)C(C)(C)C)c2)C[C@H](C)O1. The van der Waals surface area contributed by atoms with Gasteiger partial charge < -0.3 is 15.0 Å². The normalized spacial score (nSPS) is 21.9. The van der Waals surface area contributed by atoms with E-state index < -0.39 is 5.41 Å². The van der Waals surface area contributed by atoms with Crippen LogP contribution in [0.25, 0.3) is 0 Å². The number of nitrogens with zero attached hydrogens (tertiary/aromatic N) is 1. The molecule has 2 rings (SSSR count). The first-order chi connectivity index (χ1) is 10.7. The van der Waals surface area contributed by atoms with Gasteiger partial charge in [0.15, 0.2) is 0 Å². The lowest BCUT2D eigenvalue weighted by Gasteiger charge is -2.35. The molecule has 1 saturated heterocycles. The van der Waals surface area contributed by atoms with Crippen molar-refractivity contribution in [1.29, 1.82) is 0 Å². The molecule has 23 heavy (non-hydrogen) atoms. The van der Waals surface area contributed by atoms with Crippen molar-refractivity contribution in [3.05, 3.63) is 29.8 Å². The van der Waals surface area contributed by atoms with E-state index >= 15 is 0 Å². The van der Waals surface area contributed by atoms with Gasteiger partial charge in [-0.15, -0.1) is 0 Å². The molecular formula is C18H26N2O3. The smallest absolute Gasteiger partial charge is 0.254 e. The van der Waals surface area contributed by atoms with Crippen molar-refractivity contribution in [1.82, 2.24) is 4.90 Å². The van der Waals surface area contributed by atoms with E-state index in [-0.39, 0.29) is 24.0 Å². The highest BCUT2D eigenvalue weighted by molar-refractivity contribution is 5.98. The molecule has 1 aliphatic heterocycles. The highest BCUT2D eigenvalue weighted by Crippen LogP contribution is 2.20. The molecular weight excluding hydrogens is 292 g/mol. The molecule has 0 radical (unpaired) electrons. The van der Waals surface area contributed by atoms with Gasteiger partial charge in [0.25, 0.3) is 5.91 Å². The monoisotopic (exact) mass is 318 g/mol. The predicted octanol–water partition coefficient (Wildman–Crippen LogP) is 2.92. The Kier molecular flexibility index (Phi) is 5.09. The molecule has 0 aliphatic carbocycles. The third-order valence-corrected chi connectivity index (χ3v) is 3.76. The van der Waals surface area contributed by atoms with Gasteiger partial charge in [0, 0.05) is 29.8 Å². The van der Waals surface area contributed by atoms with Gasteiger partial charge in [0.2, 0.25) is 5.91 Å². The molecule has 0 spiro atoms. The summed E-state index contributed by atoms with van der Waals surface area (Å²) >= 11 is 0. The second-order valence-electron chi connectivity index (χ2n) is 7.25. The maximum absolute atomic E-state index is 12.7. The number of amides is 2. The molecule has 1 heterocycles. The van der Waals surface area contributed by atoms with Crippen LogP contribution >= 0.6 is 0 Å². The Labute approximate surface area is 138 Å². The zero-order valence-corrected chi connectivity index (χ0v) is 14.6. The number of rotatable bonds is 2. The highest BCUT2D eigenvalue weighted by Gasteiger charge is 2.27. The Morgan fingerprint density at radius 3 is 2.35 bits per heavy atom. The fraction of sp³-hybridized carbons (Fsp3) is 0.556. The fourth-order valence-electron chi connectivity index (χ4n) is 2.57. The van der Waals surface area contributed by atoms with Gasteiger partial charge in [-0.1, -0.05) is 26.8 Å². The van der Waals surface area contributed by atoms with Gasteiger partial charge in [-0.25, -0.2) is 0 Å². The van der Waals surface area contributed by atoms with E-state index in [0.717, 1.165) is 0 Å². The second-order valence-corrected chi connectivity index (χ2v) is 7.25. The van der Waals surface area contributed by atoms with Gasteiger partial charge in [-0.05, 0) is 32.0 Å². The van der Waals surface area contributed by atoms with Crippen molar-refractivity contribution in [3.63, 3.8) is 0 Å². The van der Waals surface area contributed by atoms with Crippen LogP contribution in [-0.2, 0) is 9.53 Å². The van der Waals surface area contributed by atoms with Gasteiger partial charge in [-0.2, -0.15) is 0 Å². The number of nitrogens with one attached hydrogen (secondary N) is 1. The van der Waals surface area contributed by atoms with Crippen LogP contribution in [0, 0.1) is 5.41 Å². The number of hydrogen-bond donors (Lipinski definition) is 1. The quantitative estimate of drug-likeness (QED) is 0.912. The van der Waals surface area contributed by atoms with Crippen LogP contribution in [0.1, 0.15) is 45.0 Å². The summed E-state index contributed by atoms with van der Waals surface area (Å²) < 4.78 is 5.67. The summed E-state index contributed by atoms with van der Waals surface area (Å²) in [6.45, 7) is 10.7. The molecule has 1 N–H and O–H groups in total. The molecule has 0 unspecified atom stereocenters. The minimum absolute atomic E-state index is 0.0288. The first kappa shape index (κ1) is 17.5. The predicted molar refractivity (Wildman–Crippen MR) is 90.4 cm³/mol. The van der Waals surface area contributed by atoms with Crippen molar-refractivity contribution >= 4 is 17.5 Å². The van der Waals surface area contributed by atoms with Crippen molar-refractivity contribution < 1.29 is 14.3 Å². The Morgan fingerprint density at radius 1 is 1.17 bits per heavy atom. The van der Waals surface area contributed by atoms with Gasteiger partial charge in [0.05, 0.1) is 12.2 Å². The molecule has 1 aliphatic rings. The first-order valence-corrected chi connectivity index (χ1v) is 8.03. The molecule has 5 heteroatoms. The van der Waals surface area contributed by atoms with Crippen molar-refractivity contribution in [2.45, 2.75) is 46.8 Å². The largest absolute Gasteiger partial charge is 0.372 e. The minimum atomic E-state index is -0.477. The molecule has 1 aromatic rings. The maximum Gasteiger partial charge on any atom is 0.254 e. The first-order valence-electron chi connectivity index (χ1n) is 8.03. The number of benzene rings is 1. The number of carbonyl (C=O) groups excluding carboxylic acids is 2. The van der Waals surface area contributed by atoms with Gasteiger partial charge >= 0.3 is 0 Å². The lowest BCUT2D eigenvalue weighted by molar-refractivity contribution is -0.123. The van der Waals surface area contributed by atoms with Crippen LogP contribution in [-0.4, -0.2) is 42.0 Å². The number of hydrogen-bond acceptors (Lipinski definition) is 3. The summed E-state index contributed by atoms with van der Waals surface area (Å²) in [5, 5.41) is 2.86. The number of ether oxygens (including phenoxy) is 1. The number of carbonyl (C=O) groups is 2. The van der Waals surface area contributed by atoms with Crippen LogP contribution in [0.4, 0.5) is 5.69 Å². The third kappa shape index (κ3) is 4.55. The standard InChI is InChI=1S/C18H26N2O3/c1-12-10-20(11-13(2)23-12)16(21)14-7-6-8-15(9-14)19-17(22)18(3,4)5/h6-9,12-13H,10-11H2,1-5H3,(H,19,22)/t12-,13+. The molecule has 0 saturated carbocycles. The van der Waals surface area contributed by atoms with E-state index in [4.69, 9.17) is 4.74 Å². The van der Waals surface area contributed by atoms with Crippen molar-refractivity contribution in [2.75, 3.05) is 18.4 Å². The minimum Gasteiger partial charge on any atom is -0.372 e. The summed E-state index contributed by atoms with van der Waals surface area (Å²) in [4.78, 5) is 26.6. The maximum atomic E-state index is 12.7. The Balaban J connectivity index is 2.13. The van der Waals surface area contributed by atoms with Crippen LogP contribution in [0.2, 0.25) is 0 Å². The Hall–Kier alpha value is -1.88. The van der Waals surface area contributed by atoms with E-state index in [9.17, 15) is 9.59 Å². The van der Waals surface area contributed by atoms with E-state index in [1.165, 1.54) is 0 Å². The summed E-state index contributed by atoms with van der Waals surface area (Å²) in [5.41, 5.74) is 0.748. The third-order valence-electron chi connectivity index (χ3n) is 3.76. The molecule has 1 fully saturated rings. The Morgan fingerprint density at radius 2 is 1.78 bits per heavy atom. The molecule has 126 valence electrons. The van der Waals surface area contributed by atoms with E-state index in [0.29, 0.717) is 24.3 Å². The van der Waals surface area contributed by atoms with Gasteiger partial charge in [0.1, 0.15) is 0 Å². The second kappa shape index (κ2) is 6.71. The fourth-order valence-corrected chi connectivity index (χ4v) is 2.57. The summed E-state index contributed by atoms with van der Waals surface area (Å²) in [6.07, 6.45) is 0.0675. The zero-order valence-electron chi connectivity index (χ0n) is 14.6. The average Bonchev–Trinajstić information content (AvgIpc) is 2.44. The lowest BCUT2D eigenvalue weighted by atomic mass is 9.95. The summed E-state index contributed by atoms with van der Waals surface area (Å²) in [5.74, 6) is -0.102. The Bertz CT molecular complexity index is 582. The average molecular weight is 318 g/mol. The van der Waals surface area contributed by atoms with Gasteiger partial charge in [-0.3, -0.25) is 9.59 Å². The number of anilines is 1. The zero-order chi connectivity index (χ0) is 17.2.